The van der Waals surface area contributed by atoms with Gasteiger partial charge in [-0.15, -0.1) is 6.42 Å². The minimum absolute atomic E-state index is 0.0118. The first-order valence-electron chi connectivity index (χ1n) is 8.01. The highest BCUT2D eigenvalue weighted by molar-refractivity contribution is 6.08. The largest absolute Gasteiger partial charge is 0.481 e. The Labute approximate surface area is 160 Å². The summed E-state index contributed by atoms with van der Waals surface area (Å²) in [5.41, 5.74) is 0.906. The molecule has 142 valence electrons. The lowest BCUT2D eigenvalue weighted by Crippen LogP contribution is -2.12. The van der Waals surface area contributed by atoms with Crippen LogP contribution in [0.1, 0.15) is 26.3 Å². The Morgan fingerprint density at radius 1 is 1.04 bits per heavy atom. The van der Waals surface area contributed by atoms with Gasteiger partial charge in [0.1, 0.15) is 18.1 Å². The van der Waals surface area contributed by atoms with Gasteiger partial charge in [-0.3, -0.25) is 4.79 Å². The molecular formula is C21H16O7. The molecule has 0 aliphatic rings. The standard InChI is InChI=1S/C21H16O7/c1-2-11-27-16-8-9-17(19(12-16)28-13-20(23)24)18(22)10-5-14-3-6-15(7-4-14)21(25)26/h1,3-10,12H,11,13H2,(H,23,24)(H,25,26). The van der Waals surface area contributed by atoms with Crippen molar-refractivity contribution in [1.82, 2.24) is 0 Å². The van der Waals surface area contributed by atoms with E-state index in [9.17, 15) is 14.4 Å². The van der Waals surface area contributed by atoms with Gasteiger partial charge in [-0.2, -0.15) is 0 Å². The lowest BCUT2D eigenvalue weighted by molar-refractivity contribution is -0.139. The number of carboxylic acid groups (broad SMARTS) is 2. The number of benzene rings is 2. The molecule has 2 N–H and O–H groups in total. The van der Waals surface area contributed by atoms with Crippen LogP contribution >= 0.6 is 0 Å². The van der Waals surface area contributed by atoms with E-state index in [2.05, 4.69) is 5.92 Å². The maximum absolute atomic E-state index is 12.5. The lowest BCUT2D eigenvalue weighted by atomic mass is 10.1. The molecule has 0 unspecified atom stereocenters. The Balaban J connectivity index is 2.23. The van der Waals surface area contributed by atoms with Gasteiger partial charge < -0.3 is 19.7 Å². The lowest BCUT2D eigenvalue weighted by Gasteiger charge is -2.10. The molecule has 0 saturated carbocycles. The second kappa shape index (κ2) is 9.59. The van der Waals surface area contributed by atoms with Crippen LogP contribution in [0.3, 0.4) is 0 Å². The number of aromatic carboxylic acids is 1. The Kier molecular flexibility index (Phi) is 6.94. The highest BCUT2D eigenvalue weighted by Crippen LogP contribution is 2.26. The number of hydrogen-bond donors (Lipinski definition) is 2. The molecule has 0 fully saturated rings. The average Bonchev–Trinajstić information content (AvgIpc) is 2.69. The highest BCUT2D eigenvalue weighted by Gasteiger charge is 2.13. The Morgan fingerprint density at radius 3 is 2.36 bits per heavy atom. The van der Waals surface area contributed by atoms with E-state index in [4.69, 9.17) is 26.1 Å². The molecule has 0 saturated heterocycles. The van der Waals surface area contributed by atoms with Gasteiger partial charge in [0.05, 0.1) is 11.1 Å². The highest BCUT2D eigenvalue weighted by atomic mass is 16.5. The van der Waals surface area contributed by atoms with Crippen LogP contribution in [0.4, 0.5) is 0 Å². The summed E-state index contributed by atoms with van der Waals surface area (Å²) in [5, 5.41) is 17.7. The number of allylic oxidation sites excluding steroid dienone is 1. The van der Waals surface area contributed by atoms with Crippen LogP contribution < -0.4 is 9.47 Å². The van der Waals surface area contributed by atoms with E-state index in [1.807, 2.05) is 0 Å². The maximum atomic E-state index is 12.5. The summed E-state index contributed by atoms with van der Waals surface area (Å²) in [7, 11) is 0. The van der Waals surface area contributed by atoms with Crippen molar-refractivity contribution in [3.63, 3.8) is 0 Å². The molecule has 2 aromatic carbocycles. The van der Waals surface area contributed by atoms with Gasteiger partial charge in [-0.1, -0.05) is 24.1 Å². The predicted molar refractivity (Wildman–Crippen MR) is 101 cm³/mol. The van der Waals surface area contributed by atoms with Gasteiger partial charge in [0, 0.05) is 6.07 Å². The minimum atomic E-state index is -1.19. The first-order valence-corrected chi connectivity index (χ1v) is 8.01. The molecule has 7 heteroatoms. The molecule has 0 radical (unpaired) electrons. The van der Waals surface area contributed by atoms with Crippen LogP contribution in [0.2, 0.25) is 0 Å². The number of carboxylic acids is 2. The average molecular weight is 380 g/mol. The third kappa shape index (κ3) is 5.75. The smallest absolute Gasteiger partial charge is 0.341 e. The quantitative estimate of drug-likeness (QED) is 0.391. The normalized spacial score (nSPS) is 10.2. The van der Waals surface area contributed by atoms with E-state index in [0.29, 0.717) is 11.3 Å². The molecular weight excluding hydrogens is 364 g/mol. The summed E-state index contributed by atoms with van der Waals surface area (Å²) in [6.07, 6.45) is 7.92. The molecule has 2 aromatic rings. The molecule has 0 aliphatic heterocycles. The van der Waals surface area contributed by atoms with Crippen molar-refractivity contribution in [2.75, 3.05) is 13.2 Å². The summed E-state index contributed by atoms with van der Waals surface area (Å²) >= 11 is 0. The summed E-state index contributed by atoms with van der Waals surface area (Å²) in [5.74, 6) is 0.0261. The minimum Gasteiger partial charge on any atom is -0.481 e. The van der Waals surface area contributed by atoms with Gasteiger partial charge in [0.15, 0.2) is 12.4 Å². The first kappa shape index (κ1) is 20.3. The van der Waals surface area contributed by atoms with Crippen LogP contribution in [0.15, 0.2) is 48.5 Å². The zero-order chi connectivity index (χ0) is 20.5. The third-order valence-electron chi connectivity index (χ3n) is 3.48. The second-order valence-electron chi connectivity index (χ2n) is 5.46. The molecule has 0 heterocycles. The summed E-state index contributed by atoms with van der Waals surface area (Å²) < 4.78 is 10.4. The Bertz CT molecular complexity index is 950. The first-order chi connectivity index (χ1) is 13.4. The van der Waals surface area contributed by atoms with Crippen molar-refractivity contribution < 1.29 is 34.1 Å². The van der Waals surface area contributed by atoms with Crippen LogP contribution in [0, 0.1) is 12.3 Å². The van der Waals surface area contributed by atoms with Gasteiger partial charge in [0.2, 0.25) is 0 Å². The molecule has 0 atom stereocenters. The number of ketones is 1. The van der Waals surface area contributed by atoms with E-state index >= 15 is 0 Å². The molecule has 0 bridgehead atoms. The van der Waals surface area contributed by atoms with Crippen molar-refractivity contribution in [2.45, 2.75) is 0 Å². The Morgan fingerprint density at radius 2 is 1.75 bits per heavy atom. The fourth-order valence-corrected chi connectivity index (χ4v) is 2.18. The van der Waals surface area contributed by atoms with Gasteiger partial charge in [0.25, 0.3) is 0 Å². The Hall–Kier alpha value is -4.05. The molecule has 7 nitrogen and oxygen atoms in total. The second-order valence-corrected chi connectivity index (χ2v) is 5.46. The number of ether oxygens (including phenoxy) is 2. The number of aliphatic carboxylic acids is 1. The topological polar surface area (TPSA) is 110 Å². The van der Waals surface area contributed by atoms with E-state index < -0.39 is 24.3 Å². The van der Waals surface area contributed by atoms with E-state index in [1.165, 1.54) is 42.5 Å². The number of terminal acetylenes is 1. The fraction of sp³-hybridized carbons (Fsp3) is 0.0952. The molecule has 0 spiro atoms. The van der Waals surface area contributed by atoms with Crippen molar-refractivity contribution in [3.05, 3.63) is 65.2 Å². The molecule has 2 rings (SSSR count). The SMILES string of the molecule is C#CCOc1ccc(C(=O)C=Cc2ccc(C(=O)O)cc2)c(OCC(=O)O)c1. The summed E-state index contributed by atoms with van der Waals surface area (Å²) in [4.78, 5) is 34.1. The maximum Gasteiger partial charge on any atom is 0.341 e. The number of rotatable bonds is 9. The van der Waals surface area contributed by atoms with Gasteiger partial charge in [-0.05, 0) is 35.9 Å². The molecule has 0 aliphatic carbocycles. The van der Waals surface area contributed by atoms with Crippen molar-refractivity contribution in [3.8, 4) is 23.8 Å². The molecule has 0 amide bonds. The number of carbonyl (C=O) groups excluding carboxylic acids is 1. The summed E-state index contributed by atoms with van der Waals surface area (Å²) in [6.45, 7) is -0.614. The van der Waals surface area contributed by atoms with E-state index in [0.717, 1.165) is 0 Å². The molecule has 0 aromatic heterocycles. The van der Waals surface area contributed by atoms with Crippen LogP contribution in [-0.2, 0) is 4.79 Å². The fourth-order valence-electron chi connectivity index (χ4n) is 2.18. The van der Waals surface area contributed by atoms with E-state index in [-0.39, 0.29) is 23.5 Å². The van der Waals surface area contributed by atoms with Gasteiger partial charge >= 0.3 is 11.9 Å². The predicted octanol–water partition coefficient (Wildman–Crippen LogP) is 2.76. The number of carbonyl (C=O) groups is 3. The van der Waals surface area contributed by atoms with Gasteiger partial charge in [-0.25, -0.2) is 9.59 Å². The van der Waals surface area contributed by atoms with E-state index in [1.54, 1.807) is 12.1 Å². The van der Waals surface area contributed by atoms with Crippen molar-refractivity contribution in [2.24, 2.45) is 0 Å². The summed E-state index contributed by atoms with van der Waals surface area (Å²) in [6, 6.07) is 10.3. The van der Waals surface area contributed by atoms with Crippen LogP contribution in [-0.4, -0.2) is 41.1 Å². The zero-order valence-corrected chi connectivity index (χ0v) is 14.6. The van der Waals surface area contributed by atoms with Crippen LogP contribution in [0.25, 0.3) is 6.08 Å². The monoisotopic (exact) mass is 380 g/mol. The number of hydrogen-bond acceptors (Lipinski definition) is 5. The van der Waals surface area contributed by atoms with Crippen molar-refractivity contribution in [1.29, 1.82) is 0 Å². The van der Waals surface area contributed by atoms with Crippen LogP contribution in [0.5, 0.6) is 11.5 Å². The third-order valence-corrected chi connectivity index (χ3v) is 3.48. The molecule has 28 heavy (non-hydrogen) atoms. The van der Waals surface area contributed by atoms with Crippen molar-refractivity contribution >= 4 is 23.8 Å². The zero-order valence-electron chi connectivity index (χ0n) is 14.6.